The number of hydrogen-bond donors (Lipinski definition) is 0. The maximum atomic E-state index is 3.65. The first-order chi connectivity index (χ1) is 6.24. The van der Waals surface area contributed by atoms with E-state index in [0.29, 0.717) is 0 Å². The molecule has 0 nitrogen and oxygen atoms in total. The molecular formula is C9H6BrIS2. The molecule has 0 N–H and O–H groups in total. The van der Waals surface area contributed by atoms with Crippen molar-refractivity contribution in [2.75, 3.05) is 6.26 Å². The summed E-state index contributed by atoms with van der Waals surface area (Å²) < 4.78 is 5.30. The maximum Gasteiger partial charge on any atom is 0.0751 e. The van der Waals surface area contributed by atoms with Crippen LogP contribution < -0.4 is 0 Å². The Morgan fingerprint density at radius 1 is 1.46 bits per heavy atom. The molecule has 13 heavy (non-hydrogen) atoms. The summed E-state index contributed by atoms with van der Waals surface area (Å²) in [5, 5.41) is 1.36. The third-order valence-electron chi connectivity index (χ3n) is 1.76. The SMILES string of the molecule is CSc1sc2cccc(I)c2c1Br. The van der Waals surface area contributed by atoms with Gasteiger partial charge in [-0.05, 0) is 56.9 Å². The van der Waals surface area contributed by atoms with E-state index in [2.05, 4.69) is 63.0 Å². The topological polar surface area (TPSA) is 0 Å². The minimum absolute atomic E-state index is 1.25. The number of thioether (sulfide) groups is 1. The van der Waals surface area contributed by atoms with Crippen molar-refractivity contribution in [3.63, 3.8) is 0 Å². The van der Waals surface area contributed by atoms with Crippen LogP contribution in [-0.4, -0.2) is 6.26 Å². The van der Waals surface area contributed by atoms with Gasteiger partial charge < -0.3 is 0 Å². The molecule has 0 atom stereocenters. The van der Waals surface area contributed by atoms with Crippen LogP contribution in [0.3, 0.4) is 0 Å². The van der Waals surface area contributed by atoms with Gasteiger partial charge in [-0.3, -0.25) is 0 Å². The van der Waals surface area contributed by atoms with Gasteiger partial charge in [-0.1, -0.05) is 6.07 Å². The highest BCUT2D eigenvalue weighted by atomic mass is 127. The third-order valence-corrected chi connectivity index (χ3v) is 6.25. The Kier molecular flexibility index (Phi) is 3.22. The average Bonchev–Trinajstić information content (AvgIpc) is 2.44. The van der Waals surface area contributed by atoms with Crippen molar-refractivity contribution in [1.82, 2.24) is 0 Å². The van der Waals surface area contributed by atoms with E-state index in [1.165, 1.54) is 22.3 Å². The van der Waals surface area contributed by atoms with Gasteiger partial charge in [0.1, 0.15) is 0 Å². The van der Waals surface area contributed by atoms with Crippen LogP contribution in [0, 0.1) is 3.57 Å². The van der Waals surface area contributed by atoms with Crippen molar-refractivity contribution < 1.29 is 0 Å². The van der Waals surface area contributed by atoms with Gasteiger partial charge in [0.15, 0.2) is 0 Å². The molecule has 0 aliphatic rings. The van der Waals surface area contributed by atoms with Gasteiger partial charge in [0.05, 0.1) is 8.68 Å². The summed E-state index contributed by atoms with van der Waals surface area (Å²) in [7, 11) is 0. The largest absolute Gasteiger partial charge is 0.128 e. The quantitative estimate of drug-likeness (QED) is 0.493. The van der Waals surface area contributed by atoms with E-state index in [1.54, 1.807) is 11.8 Å². The number of hydrogen-bond acceptors (Lipinski definition) is 2. The van der Waals surface area contributed by atoms with Crippen LogP contribution in [0.15, 0.2) is 26.9 Å². The van der Waals surface area contributed by atoms with Crippen LogP contribution in [0.5, 0.6) is 0 Å². The minimum Gasteiger partial charge on any atom is -0.128 e. The Labute approximate surface area is 107 Å². The number of rotatable bonds is 1. The molecule has 0 saturated heterocycles. The molecule has 0 bridgehead atoms. The lowest BCUT2D eigenvalue weighted by Gasteiger charge is -1.93. The molecule has 0 saturated carbocycles. The number of fused-ring (bicyclic) bond motifs is 1. The summed E-state index contributed by atoms with van der Waals surface area (Å²) in [5.74, 6) is 0. The standard InChI is InChI=1S/C9H6BrIS2/c1-12-9-8(10)7-5(11)3-2-4-6(7)13-9/h2-4H,1H3. The second-order valence-electron chi connectivity index (χ2n) is 2.52. The van der Waals surface area contributed by atoms with Gasteiger partial charge in [-0.2, -0.15) is 0 Å². The van der Waals surface area contributed by atoms with E-state index < -0.39 is 0 Å². The van der Waals surface area contributed by atoms with Crippen molar-refractivity contribution >= 4 is 71.7 Å². The lowest BCUT2D eigenvalue weighted by Crippen LogP contribution is -1.71. The molecule has 0 amide bonds. The van der Waals surface area contributed by atoms with E-state index in [4.69, 9.17) is 0 Å². The zero-order valence-electron chi connectivity index (χ0n) is 6.80. The first kappa shape index (κ1) is 10.3. The Morgan fingerprint density at radius 2 is 2.23 bits per heavy atom. The predicted octanol–water partition coefficient (Wildman–Crippen LogP) is 4.99. The van der Waals surface area contributed by atoms with Gasteiger partial charge in [-0.25, -0.2) is 0 Å². The van der Waals surface area contributed by atoms with E-state index in [-0.39, 0.29) is 0 Å². The van der Waals surface area contributed by atoms with E-state index in [9.17, 15) is 0 Å². The fourth-order valence-corrected chi connectivity index (χ4v) is 5.52. The molecule has 0 aliphatic heterocycles. The van der Waals surface area contributed by atoms with Gasteiger partial charge in [0, 0.05) is 13.7 Å². The fraction of sp³-hybridized carbons (Fsp3) is 0.111. The summed E-state index contributed by atoms with van der Waals surface area (Å²) in [6.45, 7) is 0. The van der Waals surface area contributed by atoms with Crippen LogP contribution in [0.1, 0.15) is 0 Å². The van der Waals surface area contributed by atoms with Gasteiger partial charge in [0.2, 0.25) is 0 Å². The number of thiophene rings is 1. The smallest absolute Gasteiger partial charge is 0.0751 e. The average molecular weight is 385 g/mol. The van der Waals surface area contributed by atoms with E-state index >= 15 is 0 Å². The zero-order valence-corrected chi connectivity index (χ0v) is 12.2. The van der Waals surface area contributed by atoms with Crippen LogP contribution in [0.2, 0.25) is 0 Å². The first-order valence-corrected chi connectivity index (χ1v) is 7.56. The summed E-state index contributed by atoms with van der Waals surface area (Å²) >= 11 is 9.68. The number of halogens is 2. The molecule has 4 heteroatoms. The Hall–Kier alpha value is 0.740. The minimum atomic E-state index is 1.25. The summed E-state index contributed by atoms with van der Waals surface area (Å²) in [4.78, 5) is 0. The molecule has 2 rings (SSSR count). The monoisotopic (exact) mass is 384 g/mol. The molecule has 0 radical (unpaired) electrons. The lowest BCUT2D eigenvalue weighted by molar-refractivity contribution is 1.66. The molecule has 1 aromatic heterocycles. The van der Waals surface area contributed by atoms with E-state index in [0.717, 1.165) is 0 Å². The highest BCUT2D eigenvalue weighted by Crippen LogP contribution is 2.42. The molecule has 1 heterocycles. The van der Waals surface area contributed by atoms with Gasteiger partial charge in [-0.15, -0.1) is 23.1 Å². The molecule has 68 valence electrons. The molecule has 2 aromatic rings. The normalized spacial score (nSPS) is 11.0. The summed E-state index contributed by atoms with van der Waals surface area (Å²) in [5.41, 5.74) is 0. The predicted molar refractivity (Wildman–Crippen MR) is 74.0 cm³/mol. The molecular weight excluding hydrogens is 379 g/mol. The van der Waals surface area contributed by atoms with Crippen molar-refractivity contribution in [3.8, 4) is 0 Å². The summed E-state index contributed by atoms with van der Waals surface area (Å²) in [6.07, 6.45) is 2.11. The molecule has 0 aliphatic carbocycles. The molecule has 0 spiro atoms. The van der Waals surface area contributed by atoms with Gasteiger partial charge >= 0.3 is 0 Å². The molecule has 1 aromatic carbocycles. The van der Waals surface area contributed by atoms with Crippen molar-refractivity contribution in [1.29, 1.82) is 0 Å². The second-order valence-corrected chi connectivity index (χ2v) is 6.60. The highest BCUT2D eigenvalue weighted by molar-refractivity contribution is 14.1. The Bertz CT molecular complexity index is 450. The van der Waals surface area contributed by atoms with Crippen molar-refractivity contribution in [2.45, 2.75) is 4.21 Å². The Balaban J connectivity index is 2.85. The zero-order chi connectivity index (χ0) is 9.42. The van der Waals surface area contributed by atoms with Crippen LogP contribution >= 0.6 is 61.6 Å². The molecule has 0 unspecified atom stereocenters. The van der Waals surface area contributed by atoms with Crippen LogP contribution in [0.4, 0.5) is 0 Å². The van der Waals surface area contributed by atoms with E-state index in [1.807, 2.05) is 11.3 Å². The first-order valence-electron chi connectivity index (χ1n) is 3.64. The third kappa shape index (κ3) is 1.78. The maximum absolute atomic E-state index is 3.65. The van der Waals surface area contributed by atoms with Crippen LogP contribution in [-0.2, 0) is 0 Å². The lowest BCUT2D eigenvalue weighted by atomic mass is 10.3. The fourth-order valence-electron chi connectivity index (χ4n) is 1.18. The highest BCUT2D eigenvalue weighted by Gasteiger charge is 2.10. The summed E-state index contributed by atoms with van der Waals surface area (Å²) in [6, 6.07) is 6.42. The van der Waals surface area contributed by atoms with Crippen molar-refractivity contribution in [3.05, 3.63) is 26.2 Å². The van der Waals surface area contributed by atoms with Gasteiger partial charge in [0.25, 0.3) is 0 Å². The molecule has 0 fully saturated rings. The number of benzene rings is 1. The Morgan fingerprint density at radius 3 is 2.85 bits per heavy atom. The van der Waals surface area contributed by atoms with Crippen LogP contribution in [0.25, 0.3) is 10.1 Å². The second kappa shape index (κ2) is 4.08. The van der Waals surface area contributed by atoms with Crippen molar-refractivity contribution in [2.24, 2.45) is 0 Å².